The van der Waals surface area contributed by atoms with Gasteiger partial charge in [0, 0.05) is 0 Å². The minimum absolute atomic E-state index is 0.0140. The average molecular weight is 334 g/mol. The Balaban J connectivity index is 1.69. The van der Waals surface area contributed by atoms with E-state index in [-0.39, 0.29) is 11.9 Å². The molecule has 1 atom stereocenters. The summed E-state index contributed by atoms with van der Waals surface area (Å²) in [5, 5.41) is 4.13. The van der Waals surface area contributed by atoms with E-state index >= 15 is 0 Å². The van der Waals surface area contributed by atoms with Crippen LogP contribution in [-0.4, -0.2) is 5.91 Å². The molecule has 1 aliphatic carbocycles. The fourth-order valence-electron chi connectivity index (χ4n) is 2.98. The van der Waals surface area contributed by atoms with Crippen molar-refractivity contribution >= 4 is 29.1 Å². The van der Waals surface area contributed by atoms with Crippen LogP contribution in [0.1, 0.15) is 35.6 Å². The second kappa shape index (κ2) is 6.72. The summed E-state index contributed by atoms with van der Waals surface area (Å²) < 4.78 is 0. The van der Waals surface area contributed by atoms with Crippen LogP contribution in [0.4, 0.5) is 0 Å². The molecular weight excluding hydrogens is 317 g/mol. The molecule has 0 radical (unpaired) electrons. The zero-order chi connectivity index (χ0) is 15.5. The molecule has 114 valence electrons. The van der Waals surface area contributed by atoms with E-state index in [0.717, 1.165) is 24.8 Å². The van der Waals surface area contributed by atoms with Gasteiger partial charge in [0.05, 0.1) is 22.5 Å². The molecule has 1 aliphatic rings. The summed E-state index contributed by atoms with van der Waals surface area (Å²) in [4.78, 5) is 12.3. The number of carbonyl (C=O) groups is 1. The number of rotatable bonds is 3. The fourth-order valence-corrected chi connectivity index (χ4v) is 3.30. The molecule has 0 unspecified atom stereocenters. The lowest BCUT2D eigenvalue weighted by Crippen LogP contribution is -2.32. The van der Waals surface area contributed by atoms with Crippen molar-refractivity contribution in [1.29, 1.82) is 0 Å². The number of benzene rings is 2. The third-order valence-electron chi connectivity index (χ3n) is 4.05. The van der Waals surface area contributed by atoms with Crippen LogP contribution in [0.2, 0.25) is 10.0 Å². The lowest BCUT2D eigenvalue weighted by atomic mass is 9.87. The predicted octanol–water partition coefficient (Wildman–Crippen LogP) is 4.73. The average Bonchev–Trinajstić information content (AvgIpc) is 2.51. The number of fused-ring (bicyclic) bond motifs is 1. The van der Waals surface area contributed by atoms with Crippen LogP contribution in [0.5, 0.6) is 0 Å². The topological polar surface area (TPSA) is 29.1 Å². The van der Waals surface area contributed by atoms with Gasteiger partial charge in [-0.05, 0) is 48.1 Å². The Morgan fingerprint density at radius 3 is 2.77 bits per heavy atom. The van der Waals surface area contributed by atoms with E-state index in [9.17, 15) is 4.79 Å². The van der Waals surface area contributed by atoms with Crippen LogP contribution in [-0.2, 0) is 17.6 Å². The van der Waals surface area contributed by atoms with Gasteiger partial charge >= 0.3 is 0 Å². The molecule has 0 aromatic heterocycles. The SMILES string of the molecule is O=C(Cc1ccc(Cl)c(Cl)c1)N[C@H]1CCCc2ccccc21. The van der Waals surface area contributed by atoms with Crippen LogP contribution < -0.4 is 5.32 Å². The number of amides is 1. The zero-order valence-electron chi connectivity index (χ0n) is 12.1. The molecule has 4 heteroatoms. The molecule has 2 nitrogen and oxygen atoms in total. The van der Waals surface area contributed by atoms with E-state index in [0.29, 0.717) is 16.5 Å². The maximum Gasteiger partial charge on any atom is 0.224 e. The molecular formula is C18H17Cl2NO. The summed E-state index contributed by atoms with van der Waals surface area (Å²) in [5.41, 5.74) is 3.46. The van der Waals surface area contributed by atoms with Crippen LogP contribution in [0.3, 0.4) is 0 Å². The Hall–Kier alpha value is -1.51. The normalized spacial score (nSPS) is 16.9. The van der Waals surface area contributed by atoms with Gasteiger partial charge in [0.15, 0.2) is 0 Å². The summed E-state index contributed by atoms with van der Waals surface area (Å²) in [6, 6.07) is 13.8. The lowest BCUT2D eigenvalue weighted by Gasteiger charge is -2.26. The van der Waals surface area contributed by atoms with Crippen LogP contribution >= 0.6 is 23.2 Å². The van der Waals surface area contributed by atoms with Crippen molar-refractivity contribution in [2.75, 3.05) is 0 Å². The molecule has 0 aliphatic heterocycles. The second-order valence-electron chi connectivity index (χ2n) is 5.64. The van der Waals surface area contributed by atoms with E-state index < -0.39 is 0 Å². The highest BCUT2D eigenvalue weighted by atomic mass is 35.5. The van der Waals surface area contributed by atoms with E-state index in [1.54, 1.807) is 12.1 Å². The summed E-state index contributed by atoms with van der Waals surface area (Å²) in [7, 11) is 0. The number of halogens is 2. The molecule has 1 N–H and O–H groups in total. The highest BCUT2D eigenvalue weighted by Gasteiger charge is 2.21. The minimum Gasteiger partial charge on any atom is -0.349 e. The first-order valence-electron chi connectivity index (χ1n) is 7.44. The molecule has 0 saturated carbocycles. The molecule has 0 bridgehead atoms. The number of hydrogen-bond donors (Lipinski definition) is 1. The largest absolute Gasteiger partial charge is 0.349 e. The Kier molecular flexibility index (Phi) is 4.70. The number of hydrogen-bond acceptors (Lipinski definition) is 1. The Morgan fingerprint density at radius 1 is 1.14 bits per heavy atom. The maximum atomic E-state index is 12.3. The van der Waals surface area contributed by atoms with Crippen molar-refractivity contribution in [3.8, 4) is 0 Å². The van der Waals surface area contributed by atoms with Gasteiger partial charge in [0.25, 0.3) is 0 Å². The van der Waals surface area contributed by atoms with Gasteiger partial charge < -0.3 is 5.32 Å². The summed E-state index contributed by atoms with van der Waals surface area (Å²) in [6.07, 6.45) is 3.50. The van der Waals surface area contributed by atoms with Crippen molar-refractivity contribution in [1.82, 2.24) is 5.32 Å². The van der Waals surface area contributed by atoms with Crippen molar-refractivity contribution in [2.24, 2.45) is 0 Å². The minimum atomic E-state index is 0.0140. The van der Waals surface area contributed by atoms with Gasteiger partial charge in [-0.15, -0.1) is 0 Å². The number of nitrogens with one attached hydrogen (secondary N) is 1. The maximum absolute atomic E-state index is 12.3. The van der Waals surface area contributed by atoms with Crippen molar-refractivity contribution in [2.45, 2.75) is 31.7 Å². The van der Waals surface area contributed by atoms with Crippen molar-refractivity contribution in [3.05, 3.63) is 69.2 Å². The van der Waals surface area contributed by atoms with Gasteiger partial charge in [-0.2, -0.15) is 0 Å². The highest BCUT2D eigenvalue weighted by molar-refractivity contribution is 6.42. The molecule has 0 spiro atoms. The monoisotopic (exact) mass is 333 g/mol. The molecule has 1 amide bonds. The van der Waals surface area contributed by atoms with Crippen LogP contribution in [0.25, 0.3) is 0 Å². The fraction of sp³-hybridized carbons (Fsp3) is 0.278. The highest BCUT2D eigenvalue weighted by Crippen LogP contribution is 2.29. The molecule has 2 aromatic carbocycles. The quantitative estimate of drug-likeness (QED) is 0.864. The lowest BCUT2D eigenvalue weighted by molar-refractivity contribution is -0.121. The van der Waals surface area contributed by atoms with E-state index in [2.05, 4.69) is 23.5 Å². The summed E-state index contributed by atoms with van der Waals surface area (Å²) in [5.74, 6) is 0.0140. The number of carbonyl (C=O) groups excluding carboxylic acids is 1. The molecule has 0 fully saturated rings. The van der Waals surface area contributed by atoms with Gasteiger partial charge in [-0.3, -0.25) is 4.79 Å². The van der Waals surface area contributed by atoms with Crippen LogP contribution in [0, 0.1) is 0 Å². The van der Waals surface area contributed by atoms with Gasteiger partial charge in [-0.1, -0.05) is 53.5 Å². The first-order valence-corrected chi connectivity index (χ1v) is 8.20. The van der Waals surface area contributed by atoms with Crippen molar-refractivity contribution < 1.29 is 4.79 Å². The summed E-state index contributed by atoms with van der Waals surface area (Å²) >= 11 is 11.9. The van der Waals surface area contributed by atoms with Gasteiger partial charge in [0.1, 0.15) is 0 Å². The third kappa shape index (κ3) is 3.45. The molecule has 0 saturated heterocycles. The Bertz CT molecular complexity index is 699. The molecule has 2 aromatic rings. The zero-order valence-corrected chi connectivity index (χ0v) is 13.6. The first kappa shape index (κ1) is 15.4. The van der Waals surface area contributed by atoms with Gasteiger partial charge in [-0.25, -0.2) is 0 Å². The van der Waals surface area contributed by atoms with Gasteiger partial charge in [0.2, 0.25) is 5.91 Å². The molecule has 3 rings (SSSR count). The second-order valence-corrected chi connectivity index (χ2v) is 6.45. The predicted molar refractivity (Wildman–Crippen MR) is 90.4 cm³/mol. The summed E-state index contributed by atoms with van der Waals surface area (Å²) in [6.45, 7) is 0. The number of aryl methyl sites for hydroxylation is 1. The first-order chi connectivity index (χ1) is 10.6. The molecule has 0 heterocycles. The smallest absolute Gasteiger partial charge is 0.224 e. The van der Waals surface area contributed by atoms with Crippen molar-refractivity contribution in [3.63, 3.8) is 0 Å². The molecule has 22 heavy (non-hydrogen) atoms. The van der Waals surface area contributed by atoms with E-state index in [1.807, 2.05) is 12.1 Å². The third-order valence-corrected chi connectivity index (χ3v) is 4.79. The van der Waals surface area contributed by atoms with E-state index in [4.69, 9.17) is 23.2 Å². The standard InChI is InChI=1S/C18H17Cl2NO/c19-15-9-8-12(10-16(15)20)11-18(22)21-17-7-3-5-13-4-1-2-6-14(13)17/h1-2,4,6,8-10,17H,3,5,7,11H2,(H,21,22)/t17-/m0/s1. The van der Waals surface area contributed by atoms with Crippen LogP contribution in [0.15, 0.2) is 42.5 Å². The van der Waals surface area contributed by atoms with E-state index in [1.165, 1.54) is 11.1 Å². The Morgan fingerprint density at radius 2 is 1.95 bits per heavy atom. The Labute approximate surface area is 140 Å².